The second-order valence-electron chi connectivity index (χ2n) is 4.86. The molecule has 0 bridgehead atoms. The summed E-state index contributed by atoms with van der Waals surface area (Å²) in [7, 11) is 0. The summed E-state index contributed by atoms with van der Waals surface area (Å²) < 4.78 is 0. The van der Waals surface area contributed by atoms with E-state index in [1.165, 1.54) is 10.3 Å². The van der Waals surface area contributed by atoms with Crippen molar-refractivity contribution in [3.63, 3.8) is 0 Å². The number of nitrogens with zero attached hydrogens (tertiary/aromatic N) is 3. The van der Waals surface area contributed by atoms with Gasteiger partial charge in [-0.3, -0.25) is 0 Å². The molecule has 2 N–H and O–H groups in total. The second kappa shape index (κ2) is 6.30. The third-order valence-electron chi connectivity index (χ3n) is 3.32. The van der Waals surface area contributed by atoms with Crippen molar-refractivity contribution in [3.8, 4) is 0 Å². The number of anilines is 1. The highest BCUT2D eigenvalue weighted by molar-refractivity contribution is 7.18. The average molecular weight is 278 g/mol. The number of thiophene rings is 1. The fourth-order valence-electron chi connectivity index (χ4n) is 2.14. The molecule has 0 saturated carbocycles. The van der Waals surface area contributed by atoms with Crippen molar-refractivity contribution in [1.82, 2.24) is 9.97 Å². The lowest BCUT2D eigenvalue weighted by molar-refractivity contribution is 0.574. The van der Waals surface area contributed by atoms with Gasteiger partial charge < -0.3 is 10.6 Å². The Kier molecular flexibility index (Phi) is 4.71. The Labute approximate surface area is 118 Å². The van der Waals surface area contributed by atoms with Crippen molar-refractivity contribution >= 4 is 27.4 Å². The van der Waals surface area contributed by atoms with E-state index in [0.717, 1.165) is 30.2 Å². The Balaban J connectivity index is 2.38. The van der Waals surface area contributed by atoms with Crippen molar-refractivity contribution in [3.05, 3.63) is 17.3 Å². The predicted octanol–water partition coefficient (Wildman–Crippen LogP) is 2.67. The topological polar surface area (TPSA) is 55.0 Å². The molecule has 0 spiro atoms. The molecule has 2 aromatic rings. The maximum absolute atomic E-state index is 5.73. The van der Waals surface area contributed by atoms with Gasteiger partial charge in [0.25, 0.3) is 0 Å². The van der Waals surface area contributed by atoms with Crippen LogP contribution < -0.4 is 10.6 Å². The molecule has 0 aliphatic rings. The van der Waals surface area contributed by atoms with Crippen molar-refractivity contribution < 1.29 is 0 Å². The first kappa shape index (κ1) is 14.2. The van der Waals surface area contributed by atoms with Gasteiger partial charge in [-0.2, -0.15) is 0 Å². The van der Waals surface area contributed by atoms with Gasteiger partial charge in [-0.1, -0.05) is 13.8 Å². The van der Waals surface area contributed by atoms with Gasteiger partial charge >= 0.3 is 0 Å². The monoisotopic (exact) mass is 278 g/mol. The maximum Gasteiger partial charge on any atom is 0.140 e. The highest BCUT2D eigenvalue weighted by Gasteiger charge is 2.15. The predicted molar refractivity (Wildman–Crippen MR) is 82.9 cm³/mol. The summed E-state index contributed by atoms with van der Waals surface area (Å²) >= 11 is 1.76. The molecule has 104 valence electrons. The molecule has 2 rings (SSSR count). The van der Waals surface area contributed by atoms with Crippen LogP contribution in [0, 0.1) is 5.92 Å². The molecule has 2 heterocycles. The smallest absolute Gasteiger partial charge is 0.140 e. The fraction of sp³-hybridized carbons (Fsp3) is 0.571. The molecule has 0 radical (unpaired) electrons. The molecule has 4 nitrogen and oxygen atoms in total. The number of rotatable bonds is 6. The van der Waals surface area contributed by atoms with Crippen molar-refractivity contribution in [2.24, 2.45) is 11.7 Å². The SMILES string of the molecule is CCc1cc2c(N(CC)CC(C)CN)ncnc2s1. The van der Waals surface area contributed by atoms with E-state index in [1.54, 1.807) is 17.7 Å². The molecule has 5 heteroatoms. The van der Waals surface area contributed by atoms with E-state index < -0.39 is 0 Å². The average Bonchev–Trinajstić information content (AvgIpc) is 2.87. The van der Waals surface area contributed by atoms with Crippen LogP contribution >= 0.6 is 11.3 Å². The number of hydrogen-bond acceptors (Lipinski definition) is 5. The Morgan fingerprint density at radius 3 is 2.79 bits per heavy atom. The van der Waals surface area contributed by atoms with Crippen LogP contribution in [0.3, 0.4) is 0 Å². The first-order valence-electron chi connectivity index (χ1n) is 6.88. The summed E-state index contributed by atoms with van der Waals surface area (Å²) in [5, 5.41) is 1.18. The van der Waals surface area contributed by atoms with Gasteiger partial charge in [0, 0.05) is 18.0 Å². The van der Waals surface area contributed by atoms with E-state index in [9.17, 15) is 0 Å². The first-order chi connectivity index (χ1) is 9.19. The van der Waals surface area contributed by atoms with E-state index in [1.807, 2.05) is 0 Å². The minimum absolute atomic E-state index is 0.467. The van der Waals surface area contributed by atoms with Gasteiger partial charge in [0.2, 0.25) is 0 Å². The Morgan fingerprint density at radius 1 is 1.37 bits per heavy atom. The maximum atomic E-state index is 5.73. The zero-order valence-corrected chi connectivity index (χ0v) is 12.7. The standard InChI is InChI=1S/C14H22N4S/c1-4-11-6-12-13(16-9-17-14(12)19-11)18(5-2)8-10(3)7-15/h6,9-10H,4-5,7-8,15H2,1-3H3. The molecule has 0 aliphatic carbocycles. The summed E-state index contributed by atoms with van der Waals surface area (Å²) in [4.78, 5) is 13.6. The van der Waals surface area contributed by atoms with E-state index in [-0.39, 0.29) is 0 Å². The van der Waals surface area contributed by atoms with E-state index in [0.29, 0.717) is 12.5 Å². The van der Waals surface area contributed by atoms with Gasteiger partial charge in [0.1, 0.15) is 17.0 Å². The normalized spacial score (nSPS) is 12.8. The van der Waals surface area contributed by atoms with Gasteiger partial charge in [-0.05, 0) is 31.9 Å². The van der Waals surface area contributed by atoms with Crippen molar-refractivity contribution in [2.75, 3.05) is 24.5 Å². The van der Waals surface area contributed by atoms with Crippen LogP contribution in [-0.2, 0) is 6.42 Å². The minimum atomic E-state index is 0.467. The fourth-order valence-corrected chi connectivity index (χ4v) is 3.06. The molecule has 1 atom stereocenters. The van der Waals surface area contributed by atoms with Gasteiger partial charge in [0.15, 0.2) is 0 Å². The molecule has 0 amide bonds. The summed E-state index contributed by atoms with van der Waals surface area (Å²) in [6.45, 7) is 9.08. The van der Waals surface area contributed by atoms with Crippen LogP contribution in [0.1, 0.15) is 25.6 Å². The quantitative estimate of drug-likeness (QED) is 0.882. The number of aryl methyl sites for hydroxylation is 1. The van der Waals surface area contributed by atoms with E-state index in [2.05, 4.69) is 41.7 Å². The van der Waals surface area contributed by atoms with E-state index >= 15 is 0 Å². The molecule has 2 aromatic heterocycles. The Bertz CT molecular complexity index is 537. The number of hydrogen-bond donors (Lipinski definition) is 1. The molecular formula is C14H22N4S. The van der Waals surface area contributed by atoms with Gasteiger partial charge in [-0.15, -0.1) is 11.3 Å². The summed E-state index contributed by atoms with van der Waals surface area (Å²) in [5.41, 5.74) is 5.73. The van der Waals surface area contributed by atoms with Gasteiger partial charge in [-0.25, -0.2) is 9.97 Å². The lowest BCUT2D eigenvalue weighted by Crippen LogP contribution is -2.32. The second-order valence-corrected chi connectivity index (χ2v) is 5.98. The summed E-state index contributed by atoms with van der Waals surface area (Å²) in [6.07, 6.45) is 2.72. The summed E-state index contributed by atoms with van der Waals surface area (Å²) in [6, 6.07) is 2.23. The van der Waals surface area contributed by atoms with Crippen molar-refractivity contribution in [2.45, 2.75) is 27.2 Å². The molecule has 0 aromatic carbocycles. The molecular weight excluding hydrogens is 256 g/mol. The van der Waals surface area contributed by atoms with Gasteiger partial charge in [0.05, 0.1) is 5.39 Å². The largest absolute Gasteiger partial charge is 0.356 e. The number of fused-ring (bicyclic) bond motifs is 1. The number of aromatic nitrogens is 2. The zero-order chi connectivity index (χ0) is 13.8. The zero-order valence-electron chi connectivity index (χ0n) is 11.9. The highest BCUT2D eigenvalue weighted by Crippen LogP contribution is 2.30. The minimum Gasteiger partial charge on any atom is -0.356 e. The Hall–Kier alpha value is -1.20. The third kappa shape index (κ3) is 3.04. The third-order valence-corrected chi connectivity index (χ3v) is 4.51. The molecule has 0 aliphatic heterocycles. The highest BCUT2D eigenvalue weighted by atomic mass is 32.1. The number of nitrogens with two attached hydrogens (primary N) is 1. The lowest BCUT2D eigenvalue weighted by atomic mass is 10.1. The molecule has 0 saturated heterocycles. The summed E-state index contributed by atoms with van der Waals surface area (Å²) in [5.74, 6) is 1.51. The van der Waals surface area contributed by atoms with Crippen LogP contribution in [0.4, 0.5) is 5.82 Å². The molecule has 1 unspecified atom stereocenters. The lowest BCUT2D eigenvalue weighted by Gasteiger charge is -2.25. The van der Waals surface area contributed by atoms with Crippen LogP contribution in [0.2, 0.25) is 0 Å². The van der Waals surface area contributed by atoms with Crippen LogP contribution in [0.15, 0.2) is 12.4 Å². The Morgan fingerprint density at radius 2 is 2.16 bits per heavy atom. The van der Waals surface area contributed by atoms with Crippen molar-refractivity contribution in [1.29, 1.82) is 0 Å². The van der Waals surface area contributed by atoms with Crippen LogP contribution in [0.5, 0.6) is 0 Å². The van der Waals surface area contributed by atoms with Crippen LogP contribution in [-0.4, -0.2) is 29.6 Å². The van der Waals surface area contributed by atoms with Crippen LogP contribution in [0.25, 0.3) is 10.2 Å². The molecule has 0 fully saturated rings. The molecule has 19 heavy (non-hydrogen) atoms. The van der Waals surface area contributed by atoms with E-state index in [4.69, 9.17) is 5.73 Å². The first-order valence-corrected chi connectivity index (χ1v) is 7.69.